The smallest absolute Gasteiger partial charge is 0.247 e. The Morgan fingerprint density at radius 3 is 2.41 bits per heavy atom. The van der Waals surface area contributed by atoms with Gasteiger partial charge in [-0.05, 0) is 47.9 Å². The number of amides is 1. The zero-order valence-electron chi connectivity index (χ0n) is 13.2. The van der Waals surface area contributed by atoms with Gasteiger partial charge in [0.1, 0.15) is 5.75 Å². The Labute approximate surface area is 131 Å². The number of rotatable bonds is 4. The van der Waals surface area contributed by atoms with Gasteiger partial charge in [0.2, 0.25) is 5.91 Å². The van der Waals surface area contributed by atoms with Crippen molar-refractivity contribution < 1.29 is 9.90 Å². The third-order valence-electron chi connectivity index (χ3n) is 3.88. The summed E-state index contributed by atoms with van der Waals surface area (Å²) in [7, 11) is 0. The maximum Gasteiger partial charge on any atom is 0.247 e. The summed E-state index contributed by atoms with van der Waals surface area (Å²) < 4.78 is 0. The summed E-state index contributed by atoms with van der Waals surface area (Å²) in [4.78, 5) is 11.7. The van der Waals surface area contributed by atoms with E-state index in [2.05, 4.69) is 25.7 Å². The lowest BCUT2D eigenvalue weighted by Crippen LogP contribution is -2.22. The first kappa shape index (κ1) is 15.8. The van der Waals surface area contributed by atoms with Crippen molar-refractivity contribution >= 4 is 11.6 Å². The molecule has 0 aliphatic heterocycles. The van der Waals surface area contributed by atoms with Crippen molar-refractivity contribution in [2.75, 3.05) is 5.32 Å². The Morgan fingerprint density at radius 1 is 1.18 bits per heavy atom. The predicted molar refractivity (Wildman–Crippen MR) is 90.2 cm³/mol. The zero-order chi connectivity index (χ0) is 16.3. The molecular formula is C19H21NO2. The van der Waals surface area contributed by atoms with E-state index in [1.54, 1.807) is 12.1 Å². The Hall–Kier alpha value is -2.55. The fourth-order valence-corrected chi connectivity index (χ4v) is 2.52. The summed E-state index contributed by atoms with van der Waals surface area (Å²) in [6.07, 6.45) is 1.26. The van der Waals surface area contributed by atoms with Crippen LogP contribution in [-0.4, -0.2) is 11.0 Å². The van der Waals surface area contributed by atoms with E-state index in [1.807, 2.05) is 37.3 Å². The largest absolute Gasteiger partial charge is 0.508 e. The van der Waals surface area contributed by atoms with E-state index in [9.17, 15) is 9.90 Å². The molecule has 0 atom stereocenters. The first-order chi connectivity index (χ1) is 10.3. The first-order valence-corrected chi connectivity index (χ1v) is 7.18. The third kappa shape index (κ3) is 3.19. The molecule has 0 aromatic heterocycles. The van der Waals surface area contributed by atoms with Crippen molar-refractivity contribution in [2.45, 2.75) is 26.2 Å². The molecule has 1 amide bonds. The lowest BCUT2D eigenvalue weighted by Gasteiger charge is -2.29. The van der Waals surface area contributed by atoms with Crippen LogP contribution in [0, 0.1) is 6.92 Å². The minimum Gasteiger partial charge on any atom is -0.508 e. The van der Waals surface area contributed by atoms with Gasteiger partial charge in [-0.2, -0.15) is 0 Å². The standard InChI is InChI=1S/C19H21NO2/c1-5-18(22)20-17-12-13(2)6-11-16(17)19(3,4)14-7-9-15(21)10-8-14/h5-12,21H,1H2,2-4H3,(H,20,22). The molecule has 114 valence electrons. The van der Waals surface area contributed by atoms with Crippen LogP contribution >= 0.6 is 0 Å². The lowest BCUT2D eigenvalue weighted by atomic mass is 9.77. The number of hydrogen-bond acceptors (Lipinski definition) is 2. The number of hydrogen-bond donors (Lipinski definition) is 2. The normalized spacial score (nSPS) is 11.0. The van der Waals surface area contributed by atoms with Crippen molar-refractivity contribution in [3.05, 3.63) is 71.8 Å². The summed E-state index contributed by atoms with van der Waals surface area (Å²) >= 11 is 0. The van der Waals surface area contributed by atoms with Crippen LogP contribution in [0.2, 0.25) is 0 Å². The molecule has 0 saturated heterocycles. The van der Waals surface area contributed by atoms with Gasteiger partial charge in [-0.25, -0.2) is 0 Å². The molecule has 0 aliphatic carbocycles. The highest BCUT2D eigenvalue weighted by Crippen LogP contribution is 2.37. The van der Waals surface area contributed by atoms with E-state index in [1.165, 1.54) is 6.08 Å². The average Bonchev–Trinajstić information content (AvgIpc) is 2.47. The molecule has 0 spiro atoms. The van der Waals surface area contributed by atoms with Crippen LogP contribution in [0.5, 0.6) is 5.75 Å². The number of benzene rings is 2. The van der Waals surface area contributed by atoms with Gasteiger partial charge < -0.3 is 10.4 Å². The van der Waals surface area contributed by atoms with Crippen LogP contribution < -0.4 is 5.32 Å². The maximum absolute atomic E-state index is 11.7. The molecule has 3 nitrogen and oxygen atoms in total. The molecule has 0 heterocycles. The molecular weight excluding hydrogens is 274 g/mol. The summed E-state index contributed by atoms with van der Waals surface area (Å²) in [5.41, 5.74) is 3.61. The van der Waals surface area contributed by atoms with Gasteiger partial charge in [0, 0.05) is 11.1 Å². The van der Waals surface area contributed by atoms with E-state index in [0.717, 1.165) is 22.4 Å². The Kier molecular flexibility index (Phi) is 4.36. The van der Waals surface area contributed by atoms with Crippen LogP contribution in [0.4, 0.5) is 5.69 Å². The second-order valence-corrected chi connectivity index (χ2v) is 5.91. The lowest BCUT2D eigenvalue weighted by molar-refractivity contribution is -0.111. The highest BCUT2D eigenvalue weighted by molar-refractivity contribution is 5.99. The number of aromatic hydroxyl groups is 1. The molecule has 0 fully saturated rings. The van der Waals surface area contributed by atoms with Crippen LogP contribution in [0.3, 0.4) is 0 Å². The van der Waals surface area contributed by atoms with Gasteiger partial charge in [-0.1, -0.05) is 44.7 Å². The summed E-state index contributed by atoms with van der Waals surface area (Å²) in [6, 6.07) is 13.2. The SMILES string of the molecule is C=CC(=O)Nc1cc(C)ccc1C(C)(C)c1ccc(O)cc1. The Bertz CT molecular complexity index is 700. The molecule has 2 N–H and O–H groups in total. The van der Waals surface area contributed by atoms with Gasteiger partial charge in [-0.3, -0.25) is 4.79 Å². The predicted octanol–water partition coefficient (Wildman–Crippen LogP) is 4.15. The van der Waals surface area contributed by atoms with Crippen LogP contribution in [0.1, 0.15) is 30.5 Å². The molecule has 0 radical (unpaired) electrons. The highest BCUT2D eigenvalue weighted by atomic mass is 16.3. The average molecular weight is 295 g/mol. The van der Waals surface area contributed by atoms with Crippen molar-refractivity contribution in [1.29, 1.82) is 0 Å². The molecule has 0 saturated carbocycles. The first-order valence-electron chi connectivity index (χ1n) is 7.18. The third-order valence-corrected chi connectivity index (χ3v) is 3.88. The molecule has 22 heavy (non-hydrogen) atoms. The number of carbonyl (C=O) groups is 1. The van der Waals surface area contributed by atoms with Crippen LogP contribution in [-0.2, 0) is 10.2 Å². The van der Waals surface area contributed by atoms with Crippen LogP contribution in [0.15, 0.2) is 55.1 Å². The van der Waals surface area contributed by atoms with Gasteiger partial charge in [0.25, 0.3) is 0 Å². The van der Waals surface area contributed by atoms with E-state index < -0.39 is 0 Å². The zero-order valence-corrected chi connectivity index (χ0v) is 13.2. The summed E-state index contributed by atoms with van der Waals surface area (Å²) in [5, 5.41) is 12.3. The number of anilines is 1. The molecule has 0 aliphatic rings. The monoisotopic (exact) mass is 295 g/mol. The number of phenolic OH excluding ortho intramolecular Hbond substituents is 1. The quantitative estimate of drug-likeness (QED) is 0.832. The maximum atomic E-state index is 11.7. The molecule has 2 rings (SSSR count). The molecule has 3 heteroatoms. The van der Waals surface area contributed by atoms with Gasteiger partial charge in [0.15, 0.2) is 0 Å². The van der Waals surface area contributed by atoms with Crippen molar-refractivity contribution in [3.63, 3.8) is 0 Å². The molecule has 2 aromatic carbocycles. The van der Waals surface area contributed by atoms with E-state index in [0.29, 0.717) is 0 Å². The minimum absolute atomic E-state index is 0.228. The van der Waals surface area contributed by atoms with Crippen molar-refractivity contribution in [3.8, 4) is 5.75 Å². The van der Waals surface area contributed by atoms with Gasteiger partial charge in [0.05, 0.1) is 0 Å². The summed E-state index contributed by atoms with van der Waals surface area (Å²) in [5.74, 6) is 0.0111. The number of nitrogens with one attached hydrogen (secondary N) is 1. The van der Waals surface area contributed by atoms with Gasteiger partial charge in [-0.15, -0.1) is 0 Å². The Morgan fingerprint density at radius 2 is 1.82 bits per heavy atom. The molecule has 0 unspecified atom stereocenters. The Balaban J connectivity index is 2.51. The summed E-state index contributed by atoms with van der Waals surface area (Å²) in [6.45, 7) is 9.67. The molecule has 2 aromatic rings. The van der Waals surface area contributed by atoms with E-state index in [-0.39, 0.29) is 17.1 Å². The van der Waals surface area contributed by atoms with Gasteiger partial charge >= 0.3 is 0 Å². The topological polar surface area (TPSA) is 49.3 Å². The second kappa shape index (κ2) is 6.06. The fraction of sp³-hybridized carbons (Fsp3) is 0.211. The second-order valence-electron chi connectivity index (χ2n) is 5.91. The van der Waals surface area contributed by atoms with Crippen molar-refractivity contribution in [2.24, 2.45) is 0 Å². The minimum atomic E-state index is -0.314. The fourth-order valence-electron chi connectivity index (χ4n) is 2.52. The molecule has 0 bridgehead atoms. The van der Waals surface area contributed by atoms with E-state index >= 15 is 0 Å². The van der Waals surface area contributed by atoms with E-state index in [4.69, 9.17) is 0 Å². The van der Waals surface area contributed by atoms with Crippen molar-refractivity contribution in [1.82, 2.24) is 0 Å². The number of aryl methyl sites for hydroxylation is 1. The van der Waals surface area contributed by atoms with Crippen LogP contribution in [0.25, 0.3) is 0 Å². The highest BCUT2D eigenvalue weighted by Gasteiger charge is 2.26. The number of carbonyl (C=O) groups excluding carboxylic acids is 1. The number of phenols is 1.